The van der Waals surface area contributed by atoms with Gasteiger partial charge in [-0.3, -0.25) is 9.89 Å². The number of carbonyl (C=O) groups is 1. The van der Waals surface area contributed by atoms with Gasteiger partial charge in [-0.15, -0.1) is 5.10 Å². The van der Waals surface area contributed by atoms with Crippen LogP contribution < -0.4 is 5.32 Å². The molecule has 1 aromatic heterocycles. The van der Waals surface area contributed by atoms with Gasteiger partial charge in [0.2, 0.25) is 5.82 Å². The Bertz CT molecular complexity index is 430. The Morgan fingerprint density at radius 1 is 1.53 bits per heavy atom. The second-order valence-corrected chi connectivity index (χ2v) is 5.94. The maximum absolute atomic E-state index is 11.9. The highest BCUT2D eigenvalue weighted by molar-refractivity contribution is 5.90. The smallest absolute Gasteiger partial charge is 0.290 e. The fraction of sp³-hybridized carbons (Fsp3) is 0.769. The summed E-state index contributed by atoms with van der Waals surface area (Å²) in [6.07, 6.45) is 3.35. The summed E-state index contributed by atoms with van der Waals surface area (Å²) >= 11 is 0. The molecule has 6 nitrogen and oxygen atoms in total. The standard InChI is InChI=1S/C13H22N4O2/c1-13(2,3)12-15-10(16-17-12)11(18)14-7-6-9-5-4-8-19-9/h9H,4-8H2,1-3H3,(H,14,18)(H,15,16,17). The number of amides is 1. The highest BCUT2D eigenvalue weighted by Gasteiger charge is 2.21. The molecule has 6 heteroatoms. The fourth-order valence-electron chi connectivity index (χ4n) is 2.00. The molecule has 106 valence electrons. The van der Waals surface area contributed by atoms with Gasteiger partial charge in [0.05, 0.1) is 6.10 Å². The van der Waals surface area contributed by atoms with Crippen LogP contribution in [0.4, 0.5) is 0 Å². The lowest BCUT2D eigenvalue weighted by atomic mass is 9.96. The minimum atomic E-state index is -0.232. The van der Waals surface area contributed by atoms with Crippen LogP contribution in [0.5, 0.6) is 0 Å². The monoisotopic (exact) mass is 266 g/mol. The number of rotatable bonds is 4. The van der Waals surface area contributed by atoms with Gasteiger partial charge in [-0.2, -0.15) is 0 Å². The lowest BCUT2D eigenvalue weighted by Gasteiger charge is -2.12. The van der Waals surface area contributed by atoms with Gasteiger partial charge >= 0.3 is 0 Å². The predicted octanol–water partition coefficient (Wildman–Crippen LogP) is 1.40. The Kier molecular flexibility index (Phi) is 4.19. The first-order valence-corrected chi connectivity index (χ1v) is 6.79. The Balaban J connectivity index is 1.81. The summed E-state index contributed by atoms with van der Waals surface area (Å²) in [6.45, 7) is 7.50. The fourth-order valence-corrected chi connectivity index (χ4v) is 2.00. The number of carbonyl (C=O) groups excluding carboxylic acids is 1. The minimum Gasteiger partial charge on any atom is -0.378 e. The summed E-state index contributed by atoms with van der Waals surface area (Å²) in [5, 5.41) is 9.59. The molecule has 1 saturated heterocycles. The van der Waals surface area contributed by atoms with Gasteiger partial charge in [0.15, 0.2) is 0 Å². The van der Waals surface area contributed by atoms with Crippen molar-refractivity contribution in [3.8, 4) is 0 Å². The number of aromatic amines is 1. The van der Waals surface area contributed by atoms with E-state index in [4.69, 9.17) is 4.74 Å². The lowest BCUT2D eigenvalue weighted by molar-refractivity contribution is 0.0899. The van der Waals surface area contributed by atoms with E-state index in [2.05, 4.69) is 20.5 Å². The molecule has 1 aliphatic heterocycles. The number of nitrogens with one attached hydrogen (secondary N) is 2. The molecule has 0 aliphatic carbocycles. The molecule has 19 heavy (non-hydrogen) atoms. The van der Waals surface area contributed by atoms with Crippen LogP contribution in [0.2, 0.25) is 0 Å². The first-order valence-electron chi connectivity index (χ1n) is 6.79. The van der Waals surface area contributed by atoms with Crippen LogP contribution in [-0.4, -0.2) is 40.3 Å². The maximum Gasteiger partial charge on any atom is 0.290 e. The molecule has 1 aromatic rings. The normalized spacial score (nSPS) is 19.6. The average Bonchev–Trinajstić information content (AvgIpc) is 2.99. The molecule has 0 spiro atoms. The van der Waals surface area contributed by atoms with Crippen molar-refractivity contribution in [1.29, 1.82) is 0 Å². The number of ether oxygens (including phenoxy) is 1. The molecule has 1 atom stereocenters. The third-order valence-electron chi connectivity index (χ3n) is 3.17. The van der Waals surface area contributed by atoms with Crippen molar-refractivity contribution in [1.82, 2.24) is 20.5 Å². The molecule has 0 radical (unpaired) electrons. The van der Waals surface area contributed by atoms with Crippen LogP contribution in [0.1, 0.15) is 56.5 Å². The number of hydrogen-bond acceptors (Lipinski definition) is 4. The van der Waals surface area contributed by atoms with Gasteiger partial charge in [0.1, 0.15) is 5.82 Å². The molecule has 0 bridgehead atoms. The lowest BCUT2D eigenvalue weighted by Crippen LogP contribution is -2.28. The molecule has 1 amide bonds. The van der Waals surface area contributed by atoms with Crippen molar-refractivity contribution in [2.24, 2.45) is 0 Å². The van der Waals surface area contributed by atoms with E-state index >= 15 is 0 Å². The van der Waals surface area contributed by atoms with Crippen molar-refractivity contribution in [3.63, 3.8) is 0 Å². The summed E-state index contributed by atoms with van der Waals surface area (Å²) < 4.78 is 5.50. The average molecular weight is 266 g/mol. The summed E-state index contributed by atoms with van der Waals surface area (Å²) in [5.74, 6) is 0.693. The number of nitrogens with zero attached hydrogens (tertiary/aromatic N) is 2. The molecule has 1 fully saturated rings. The van der Waals surface area contributed by atoms with Crippen LogP contribution in [0.25, 0.3) is 0 Å². The zero-order valence-corrected chi connectivity index (χ0v) is 11.8. The highest BCUT2D eigenvalue weighted by Crippen LogP contribution is 2.17. The number of H-pyrrole nitrogens is 1. The molecule has 2 heterocycles. The van der Waals surface area contributed by atoms with E-state index < -0.39 is 0 Å². The molecule has 2 rings (SSSR count). The van der Waals surface area contributed by atoms with Crippen LogP contribution >= 0.6 is 0 Å². The SMILES string of the molecule is CC(C)(C)c1nc(C(=O)NCCC2CCCO2)n[nH]1. The number of hydrogen-bond donors (Lipinski definition) is 2. The van der Waals surface area contributed by atoms with Gasteiger partial charge in [0, 0.05) is 18.6 Å². The largest absolute Gasteiger partial charge is 0.378 e. The quantitative estimate of drug-likeness (QED) is 0.863. The van der Waals surface area contributed by atoms with E-state index in [9.17, 15) is 4.79 Å². The molecule has 0 aromatic carbocycles. The first kappa shape index (κ1) is 14.0. The first-order chi connectivity index (χ1) is 8.97. The van der Waals surface area contributed by atoms with E-state index in [-0.39, 0.29) is 23.3 Å². The van der Waals surface area contributed by atoms with E-state index in [1.807, 2.05) is 20.8 Å². The van der Waals surface area contributed by atoms with Crippen molar-refractivity contribution >= 4 is 5.91 Å². The van der Waals surface area contributed by atoms with Gasteiger partial charge in [-0.25, -0.2) is 4.98 Å². The van der Waals surface area contributed by atoms with Gasteiger partial charge in [0.25, 0.3) is 5.91 Å². The molecule has 1 unspecified atom stereocenters. The Labute approximate surface area is 113 Å². The van der Waals surface area contributed by atoms with Gasteiger partial charge in [-0.1, -0.05) is 20.8 Å². The van der Waals surface area contributed by atoms with Crippen LogP contribution in [0.3, 0.4) is 0 Å². The summed E-state index contributed by atoms with van der Waals surface area (Å²) in [4.78, 5) is 16.1. The molecule has 0 saturated carbocycles. The summed E-state index contributed by atoms with van der Waals surface area (Å²) in [6, 6.07) is 0. The topological polar surface area (TPSA) is 79.9 Å². The van der Waals surface area contributed by atoms with Crippen LogP contribution in [0, 0.1) is 0 Å². The summed E-state index contributed by atoms with van der Waals surface area (Å²) in [5.41, 5.74) is -0.136. The van der Waals surface area contributed by atoms with E-state index in [0.717, 1.165) is 31.7 Å². The van der Waals surface area contributed by atoms with Gasteiger partial charge in [-0.05, 0) is 19.3 Å². The zero-order valence-electron chi connectivity index (χ0n) is 11.8. The highest BCUT2D eigenvalue weighted by atomic mass is 16.5. The van der Waals surface area contributed by atoms with Crippen molar-refractivity contribution in [3.05, 3.63) is 11.6 Å². The van der Waals surface area contributed by atoms with Crippen molar-refractivity contribution < 1.29 is 9.53 Å². The third kappa shape index (κ3) is 3.76. The second kappa shape index (κ2) is 5.69. The molecule has 2 N–H and O–H groups in total. The number of aromatic nitrogens is 3. The van der Waals surface area contributed by atoms with E-state index in [1.165, 1.54) is 0 Å². The van der Waals surface area contributed by atoms with E-state index in [0.29, 0.717) is 6.54 Å². The van der Waals surface area contributed by atoms with E-state index in [1.54, 1.807) is 0 Å². The molecular formula is C13H22N4O2. The predicted molar refractivity (Wildman–Crippen MR) is 71.0 cm³/mol. The van der Waals surface area contributed by atoms with Crippen molar-refractivity contribution in [2.75, 3.05) is 13.2 Å². The zero-order chi connectivity index (χ0) is 13.9. The van der Waals surface area contributed by atoms with Crippen LogP contribution in [0.15, 0.2) is 0 Å². The second-order valence-electron chi connectivity index (χ2n) is 5.94. The Hall–Kier alpha value is -1.43. The van der Waals surface area contributed by atoms with Crippen LogP contribution in [-0.2, 0) is 10.2 Å². The third-order valence-corrected chi connectivity index (χ3v) is 3.17. The minimum absolute atomic E-state index is 0.136. The Morgan fingerprint density at radius 2 is 2.32 bits per heavy atom. The van der Waals surface area contributed by atoms with Crippen molar-refractivity contribution in [2.45, 2.75) is 51.6 Å². The Morgan fingerprint density at radius 3 is 2.89 bits per heavy atom. The molecular weight excluding hydrogens is 244 g/mol. The van der Waals surface area contributed by atoms with Gasteiger partial charge < -0.3 is 10.1 Å². The summed E-state index contributed by atoms with van der Waals surface area (Å²) in [7, 11) is 0. The molecule has 1 aliphatic rings. The maximum atomic E-state index is 11.9.